The molecule has 1 fully saturated rings. The van der Waals surface area contributed by atoms with Crippen molar-refractivity contribution in [2.45, 2.75) is 6.61 Å². The fraction of sp³-hybridized carbons (Fsp3) is 0.208. The monoisotopic (exact) mass is 566 g/mol. The number of anilines is 1. The molecule has 3 aromatic rings. The van der Waals surface area contributed by atoms with Gasteiger partial charge < -0.3 is 14.4 Å². The summed E-state index contributed by atoms with van der Waals surface area (Å²) >= 11 is 14.3. The van der Waals surface area contributed by atoms with Crippen molar-refractivity contribution >= 4 is 63.4 Å². The molecule has 160 valence electrons. The van der Waals surface area contributed by atoms with Gasteiger partial charge in [0.2, 0.25) is 0 Å². The Balaban J connectivity index is 1.37. The maximum atomic E-state index is 6.07. The van der Waals surface area contributed by atoms with E-state index in [1.165, 1.54) is 5.69 Å². The summed E-state index contributed by atoms with van der Waals surface area (Å²) in [5, 5.41) is 1.07. The lowest BCUT2D eigenvalue weighted by Gasteiger charge is -2.28. The smallest absolute Gasteiger partial charge is 0.133 e. The molecule has 4 nitrogen and oxygen atoms in total. The largest absolute Gasteiger partial charge is 0.488 e. The fourth-order valence-electron chi connectivity index (χ4n) is 3.23. The molecular formula is C24H21Cl2IN2O2. The van der Waals surface area contributed by atoms with Crippen molar-refractivity contribution in [3.05, 3.63) is 85.4 Å². The van der Waals surface area contributed by atoms with Crippen LogP contribution >= 0.6 is 45.8 Å². The van der Waals surface area contributed by atoms with Crippen molar-refractivity contribution in [2.24, 2.45) is 4.99 Å². The molecule has 0 N–H and O–H groups in total. The van der Waals surface area contributed by atoms with Crippen molar-refractivity contribution in [1.29, 1.82) is 0 Å². The molecule has 4 rings (SSSR count). The van der Waals surface area contributed by atoms with Crippen molar-refractivity contribution in [1.82, 2.24) is 0 Å². The van der Waals surface area contributed by atoms with Gasteiger partial charge in [0.05, 0.1) is 32.5 Å². The Labute approximate surface area is 205 Å². The maximum Gasteiger partial charge on any atom is 0.133 e. The number of aliphatic imine (C=N–C) groups is 1. The van der Waals surface area contributed by atoms with Crippen LogP contribution in [0, 0.1) is 3.57 Å². The van der Waals surface area contributed by atoms with Crippen LogP contribution in [0.1, 0.15) is 11.1 Å². The second-order valence-corrected chi connectivity index (χ2v) is 9.08. The van der Waals surface area contributed by atoms with E-state index in [1.807, 2.05) is 42.6 Å². The van der Waals surface area contributed by atoms with Gasteiger partial charge in [-0.1, -0.05) is 29.3 Å². The van der Waals surface area contributed by atoms with Gasteiger partial charge in [-0.05, 0) is 88.3 Å². The van der Waals surface area contributed by atoms with E-state index in [2.05, 4.69) is 50.7 Å². The van der Waals surface area contributed by atoms with Crippen molar-refractivity contribution < 1.29 is 9.47 Å². The summed E-state index contributed by atoms with van der Waals surface area (Å²) in [6.45, 7) is 3.86. The minimum Gasteiger partial charge on any atom is -0.488 e. The van der Waals surface area contributed by atoms with Crippen LogP contribution in [0.4, 0.5) is 11.4 Å². The van der Waals surface area contributed by atoms with Gasteiger partial charge in [0.15, 0.2) is 0 Å². The highest BCUT2D eigenvalue weighted by Crippen LogP contribution is 2.26. The molecule has 1 aliphatic rings. The first kappa shape index (κ1) is 22.4. The topological polar surface area (TPSA) is 34.1 Å². The van der Waals surface area contributed by atoms with Gasteiger partial charge in [-0.15, -0.1) is 0 Å². The van der Waals surface area contributed by atoms with Gasteiger partial charge in [0.1, 0.15) is 12.4 Å². The van der Waals surface area contributed by atoms with E-state index in [-0.39, 0.29) is 0 Å². The molecule has 0 unspecified atom stereocenters. The molecule has 31 heavy (non-hydrogen) atoms. The molecule has 0 amide bonds. The number of morpholine rings is 1. The summed E-state index contributed by atoms with van der Waals surface area (Å²) < 4.78 is 12.4. The van der Waals surface area contributed by atoms with Gasteiger partial charge in [0.25, 0.3) is 0 Å². The lowest BCUT2D eigenvalue weighted by molar-refractivity contribution is 0.122. The molecule has 0 aromatic heterocycles. The molecule has 0 aliphatic carbocycles. The number of ether oxygens (including phenoxy) is 2. The van der Waals surface area contributed by atoms with E-state index in [0.717, 1.165) is 52.4 Å². The average Bonchev–Trinajstić information content (AvgIpc) is 2.80. The van der Waals surface area contributed by atoms with Gasteiger partial charge >= 0.3 is 0 Å². The van der Waals surface area contributed by atoms with Crippen molar-refractivity contribution in [2.75, 3.05) is 31.2 Å². The van der Waals surface area contributed by atoms with E-state index < -0.39 is 0 Å². The lowest BCUT2D eigenvalue weighted by Crippen LogP contribution is -2.36. The third-order valence-corrected chi connectivity index (χ3v) is 6.50. The van der Waals surface area contributed by atoms with E-state index >= 15 is 0 Å². The molecule has 1 saturated heterocycles. The summed E-state index contributed by atoms with van der Waals surface area (Å²) in [6, 6.07) is 19.8. The zero-order valence-electron chi connectivity index (χ0n) is 16.7. The first-order valence-electron chi connectivity index (χ1n) is 9.91. The van der Waals surface area contributed by atoms with Gasteiger partial charge in [0, 0.05) is 25.0 Å². The van der Waals surface area contributed by atoms with Crippen molar-refractivity contribution in [3.63, 3.8) is 0 Å². The maximum absolute atomic E-state index is 6.07. The van der Waals surface area contributed by atoms with Crippen LogP contribution in [0.2, 0.25) is 10.0 Å². The standard InChI is InChI=1S/C24H21Cl2IN2O2/c25-21-7-1-18(13-22(21)26)16-31-24-8-2-17(14-23(24)27)15-28-19-3-5-20(6-4-19)29-9-11-30-12-10-29/h1-8,13-15H,9-12,16H2. The van der Waals surface area contributed by atoms with E-state index in [4.69, 9.17) is 32.7 Å². The van der Waals surface area contributed by atoms with E-state index in [1.54, 1.807) is 6.07 Å². The van der Waals surface area contributed by atoms with Crippen LogP contribution < -0.4 is 9.64 Å². The zero-order chi connectivity index (χ0) is 21.6. The Morgan fingerprint density at radius 2 is 1.74 bits per heavy atom. The van der Waals surface area contributed by atoms with Gasteiger partial charge in [-0.2, -0.15) is 0 Å². The molecule has 0 spiro atoms. The SMILES string of the molecule is Clc1ccc(COc2ccc(C=Nc3ccc(N4CCOCC4)cc3)cc2I)cc1Cl. The molecule has 0 radical (unpaired) electrons. The highest BCUT2D eigenvalue weighted by Gasteiger charge is 2.10. The number of hydrogen-bond acceptors (Lipinski definition) is 4. The summed E-state index contributed by atoms with van der Waals surface area (Å²) in [7, 11) is 0. The average molecular weight is 567 g/mol. The third-order valence-electron chi connectivity index (χ3n) is 4.92. The third kappa shape index (κ3) is 6.13. The molecule has 1 heterocycles. The van der Waals surface area contributed by atoms with Crippen LogP contribution in [-0.2, 0) is 11.3 Å². The molecule has 7 heteroatoms. The Hall–Kier alpha value is -1.80. The van der Waals surface area contributed by atoms with Gasteiger partial charge in [-0.25, -0.2) is 0 Å². The highest BCUT2D eigenvalue weighted by atomic mass is 127. The molecule has 0 bridgehead atoms. The minimum absolute atomic E-state index is 0.426. The summed E-state index contributed by atoms with van der Waals surface area (Å²) in [5.41, 5.74) is 4.12. The van der Waals surface area contributed by atoms with Crippen LogP contribution in [0.5, 0.6) is 5.75 Å². The van der Waals surface area contributed by atoms with Crippen molar-refractivity contribution in [3.8, 4) is 5.75 Å². The first-order valence-corrected chi connectivity index (χ1v) is 11.7. The predicted octanol–water partition coefficient (Wildman–Crippen LogP) is 6.76. The number of hydrogen-bond donors (Lipinski definition) is 0. The Bertz CT molecular complexity index is 1070. The number of nitrogens with zero attached hydrogens (tertiary/aromatic N) is 2. The van der Waals surface area contributed by atoms with Crippen LogP contribution in [0.15, 0.2) is 65.7 Å². The normalized spacial score (nSPS) is 14.2. The summed E-state index contributed by atoms with van der Waals surface area (Å²) in [4.78, 5) is 6.93. The fourth-order valence-corrected chi connectivity index (χ4v) is 4.24. The number of rotatable bonds is 6. The second kappa shape index (κ2) is 10.7. The second-order valence-electron chi connectivity index (χ2n) is 7.10. The molecular weight excluding hydrogens is 546 g/mol. The van der Waals surface area contributed by atoms with Crippen LogP contribution in [0.25, 0.3) is 0 Å². The minimum atomic E-state index is 0.426. The number of benzene rings is 3. The Morgan fingerprint density at radius 3 is 2.45 bits per heavy atom. The predicted molar refractivity (Wildman–Crippen MR) is 137 cm³/mol. The summed E-state index contributed by atoms with van der Waals surface area (Å²) in [5.74, 6) is 0.818. The Kier molecular flexibility index (Phi) is 7.72. The first-order chi connectivity index (χ1) is 15.1. The lowest BCUT2D eigenvalue weighted by atomic mass is 10.2. The van der Waals surface area contributed by atoms with Gasteiger partial charge in [-0.3, -0.25) is 4.99 Å². The quantitative estimate of drug-likeness (QED) is 0.244. The van der Waals surface area contributed by atoms with Crippen LogP contribution in [0.3, 0.4) is 0 Å². The molecule has 1 aliphatic heterocycles. The van der Waals surface area contributed by atoms with E-state index in [0.29, 0.717) is 16.7 Å². The Morgan fingerprint density at radius 1 is 0.968 bits per heavy atom. The highest BCUT2D eigenvalue weighted by molar-refractivity contribution is 14.1. The molecule has 3 aromatic carbocycles. The number of halogens is 3. The summed E-state index contributed by atoms with van der Waals surface area (Å²) in [6.07, 6.45) is 1.87. The molecule has 0 atom stereocenters. The van der Waals surface area contributed by atoms with Crippen LogP contribution in [-0.4, -0.2) is 32.5 Å². The van der Waals surface area contributed by atoms with E-state index in [9.17, 15) is 0 Å². The zero-order valence-corrected chi connectivity index (χ0v) is 20.4. The molecule has 0 saturated carbocycles.